The van der Waals surface area contributed by atoms with E-state index in [0.717, 1.165) is 33.5 Å². The Morgan fingerprint density at radius 1 is 1.18 bits per heavy atom. The summed E-state index contributed by atoms with van der Waals surface area (Å²) in [5.41, 5.74) is 11.5. The topological polar surface area (TPSA) is 68.8 Å². The third-order valence-corrected chi connectivity index (χ3v) is 4.15. The Kier molecular flexibility index (Phi) is 3.48. The molecule has 2 aromatic heterocycles. The Morgan fingerprint density at radius 2 is 1.95 bits per heavy atom. The summed E-state index contributed by atoms with van der Waals surface area (Å²) in [7, 11) is 1.96. The summed E-state index contributed by atoms with van der Waals surface area (Å²) in [5, 5.41) is 9.97. The van der Waals surface area contributed by atoms with Crippen LogP contribution in [0.25, 0.3) is 10.8 Å². The fourth-order valence-corrected chi connectivity index (χ4v) is 2.85. The summed E-state index contributed by atoms with van der Waals surface area (Å²) < 4.78 is 1.91. The highest BCUT2D eigenvalue weighted by molar-refractivity contribution is 5.99. The van der Waals surface area contributed by atoms with E-state index in [1.807, 2.05) is 37.7 Å². The van der Waals surface area contributed by atoms with Crippen LogP contribution >= 0.6 is 0 Å². The summed E-state index contributed by atoms with van der Waals surface area (Å²) in [5.74, 6) is 0.857. The van der Waals surface area contributed by atoms with Crippen LogP contribution in [0.2, 0.25) is 0 Å². The van der Waals surface area contributed by atoms with Crippen LogP contribution in [0.3, 0.4) is 0 Å². The Balaban J connectivity index is 1.98. The zero-order chi connectivity index (χ0) is 15.9. The maximum atomic E-state index is 6.12. The van der Waals surface area contributed by atoms with Crippen LogP contribution in [0.4, 0.5) is 11.5 Å². The Morgan fingerprint density at radius 3 is 2.64 bits per heavy atom. The maximum absolute atomic E-state index is 6.12. The highest BCUT2D eigenvalue weighted by Gasteiger charge is 2.11. The second-order valence-corrected chi connectivity index (χ2v) is 5.74. The molecule has 0 amide bonds. The van der Waals surface area contributed by atoms with Crippen LogP contribution in [0.1, 0.15) is 22.5 Å². The molecule has 2 heterocycles. The first kappa shape index (κ1) is 14.4. The molecule has 0 spiro atoms. The molecule has 0 aliphatic carbocycles. The third kappa shape index (κ3) is 2.39. The quantitative estimate of drug-likeness (QED) is 0.729. The Hall–Kier alpha value is -2.56. The number of hydrogen-bond donors (Lipinski definition) is 2. The smallest absolute Gasteiger partial charge is 0.134 e. The van der Waals surface area contributed by atoms with E-state index in [4.69, 9.17) is 5.73 Å². The average molecular weight is 295 g/mol. The largest absolute Gasteiger partial charge is 0.398 e. The van der Waals surface area contributed by atoms with E-state index in [2.05, 4.69) is 28.4 Å². The first-order chi connectivity index (χ1) is 10.5. The second kappa shape index (κ2) is 5.33. The highest BCUT2D eigenvalue weighted by atomic mass is 15.3. The lowest BCUT2D eigenvalue weighted by atomic mass is 10.1. The van der Waals surface area contributed by atoms with Crippen molar-refractivity contribution in [1.29, 1.82) is 0 Å². The molecule has 22 heavy (non-hydrogen) atoms. The Labute approximate surface area is 130 Å². The molecule has 0 radical (unpaired) electrons. The van der Waals surface area contributed by atoms with E-state index in [-0.39, 0.29) is 0 Å². The van der Waals surface area contributed by atoms with Gasteiger partial charge in [0.05, 0.1) is 5.69 Å². The third-order valence-electron chi connectivity index (χ3n) is 4.15. The number of fused-ring (bicyclic) bond motifs is 1. The summed E-state index contributed by atoms with van der Waals surface area (Å²) in [6.07, 6.45) is 1.79. The van der Waals surface area contributed by atoms with E-state index in [0.29, 0.717) is 6.54 Å². The van der Waals surface area contributed by atoms with Crippen LogP contribution < -0.4 is 11.1 Å². The van der Waals surface area contributed by atoms with Gasteiger partial charge < -0.3 is 11.1 Å². The number of anilines is 2. The SMILES string of the molecule is Cc1cc(N)c2ccnc(NCc3c(C)nn(C)c3C)c2c1. The summed E-state index contributed by atoms with van der Waals surface area (Å²) in [4.78, 5) is 4.48. The number of pyridine rings is 1. The molecule has 3 N–H and O–H groups in total. The van der Waals surface area contributed by atoms with Crippen molar-refractivity contribution in [3.05, 3.63) is 46.9 Å². The van der Waals surface area contributed by atoms with Crippen molar-refractivity contribution in [2.45, 2.75) is 27.3 Å². The van der Waals surface area contributed by atoms with Crippen molar-refractivity contribution in [3.8, 4) is 0 Å². The van der Waals surface area contributed by atoms with E-state index < -0.39 is 0 Å². The Bertz CT molecular complexity index is 848. The van der Waals surface area contributed by atoms with Gasteiger partial charge in [-0.25, -0.2) is 4.98 Å². The van der Waals surface area contributed by atoms with Crippen LogP contribution in [0.15, 0.2) is 24.4 Å². The fraction of sp³-hybridized carbons (Fsp3) is 0.294. The molecule has 5 nitrogen and oxygen atoms in total. The molecular formula is C17H21N5. The summed E-state index contributed by atoms with van der Waals surface area (Å²) in [6.45, 7) is 6.85. The number of nitrogens with two attached hydrogens (primary N) is 1. The molecule has 0 saturated heterocycles. The van der Waals surface area contributed by atoms with E-state index >= 15 is 0 Å². The first-order valence-corrected chi connectivity index (χ1v) is 7.35. The minimum atomic E-state index is 0.700. The maximum Gasteiger partial charge on any atom is 0.134 e. The molecule has 0 atom stereocenters. The molecule has 0 aliphatic heterocycles. The minimum Gasteiger partial charge on any atom is -0.398 e. The molecule has 0 bridgehead atoms. The van der Waals surface area contributed by atoms with Gasteiger partial charge in [0.25, 0.3) is 0 Å². The summed E-state index contributed by atoms with van der Waals surface area (Å²) in [6, 6.07) is 6.06. The lowest BCUT2D eigenvalue weighted by Crippen LogP contribution is -2.04. The molecule has 3 rings (SSSR count). The van der Waals surface area contributed by atoms with Gasteiger partial charge in [-0.2, -0.15) is 5.10 Å². The number of benzene rings is 1. The summed E-state index contributed by atoms with van der Waals surface area (Å²) >= 11 is 0. The van der Waals surface area contributed by atoms with Crippen LogP contribution in [-0.2, 0) is 13.6 Å². The van der Waals surface area contributed by atoms with Crippen molar-refractivity contribution in [2.75, 3.05) is 11.1 Å². The number of rotatable bonds is 3. The fourth-order valence-electron chi connectivity index (χ4n) is 2.85. The molecule has 0 saturated carbocycles. The van der Waals surface area contributed by atoms with Gasteiger partial charge in [0.15, 0.2) is 0 Å². The van der Waals surface area contributed by atoms with Gasteiger partial charge >= 0.3 is 0 Å². The average Bonchev–Trinajstić information content (AvgIpc) is 2.70. The zero-order valence-corrected chi connectivity index (χ0v) is 13.4. The van der Waals surface area contributed by atoms with Gasteiger partial charge in [-0.1, -0.05) is 0 Å². The first-order valence-electron chi connectivity index (χ1n) is 7.35. The van der Waals surface area contributed by atoms with E-state index in [9.17, 15) is 0 Å². The van der Waals surface area contributed by atoms with Gasteiger partial charge in [0, 0.05) is 47.5 Å². The van der Waals surface area contributed by atoms with Crippen molar-refractivity contribution < 1.29 is 0 Å². The molecule has 0 fully saturated rings. The number of aryl methyl sites for hydroxylation is 3. The lowest BCUT2D eigenvalue weighted by molar-refractivity contribution is 0.730. The predicted molar refractivity (Wildman–Crippen MR) is 90.9 cm³/mol. The van der Waals surface area contributed by atoms with E-state index in [1.165, 1.54) is 11.3 Å². The van der Waals surface area contributed by atoms with Crippen molar-refractivity contribution >= 4 is 22.3 Å². The van der Waals surface area contributed by atoms with Crippen LogP contribution in [0, 0.1) is 20.8 Å². The normalized spacial score (nSPS) is 11.1. The van der Waals surface area contributed by atoms with Gasteiger partial charge in [-0.15, -0.1) is 0 Å². The van der Waals surface area contributed by atoms with Gasteiger partial charge in [0.1, 0.15) is 5.82 Å². The molecule has 0 aliphatic rings. The number of nitrogens with zero attached hydrogens (tertiary/aromatic N) is 3. The van der Waals surface area contributed by atoms with Gasteiger partial charge in [-0.3, -0.25) is 4.68 Å². The monoisotopic (exact) mass is 295 g/mol. The molecule has 114 valence electrons. The molecule has 0 unspecified atom stereocenters. The highest BCUT2D eigenvalue weighted by Crippen LogP contribution is 2.28. The number of aromatic nitrogens is 3. The molecular weight excluding hydrogens is 274 g/mol. The second-order valence-electron chi connectivity index (χ2n) is 5.74. The van der Waals surface area contributed by atoms with Crippen LogP contribution in [0.5, 0.6) is 0 Å². The van der Waals surface area contributed by atoms with Crippen molar-refractivity contribution in [1.82, 2.24) is 14.8 Å². The molecule has 5 heteroatoms. The van der Waals surface area contributed by atoms with Crippen molar-refractivity contribution in [3.63, 3.8) is 0 Å². The number of nitrogens with one attached hydrogen (secondary N) is 1. The number of nitrogen functional groups attached to an aromatic ring is 1. The zero-order valence-electron chi connectivity index (χ0n) is 13.4. The molecule has 1 aromatic carbocycles. The standard InChI is InChI=1S/C17H21N5/c1-10-7-14-13(16(18)8-10)5-6-19-17(14)20-9-15-11(2)21-22(4)12(15)3/h5-8H,9,18H2,1-4H3,(H,19,20). The van der Waals surface area contributed by atoms with Crippen molar-refractivity contribution in [2.24, 2.45) is 7.05 Å². The van der Waals surface area contributed by atoms with Crippen LogP contribution in [-0.4, -0.2) is 14.8 Å². The number of hydrogen-bond acceptors (Lipinski definition) is 4. The van der Waals surface area contributed by atoms with E-state index in [1.54, 1.807) is 6.20 Å². The van der Waals surface area contributed by atoms with Gasteiger partial charge in [0.2, 0.25) is 0 Å². The molecule has 3 aromatic rings. The lowest BCUT2D eigenvalue weighted by Gasteiger charge is -2.11. The minimum absolute atomic E-state index is 0.700. The van der Waals surface area contributed by atoms with Gasteiger partial charge in [-0.05, 0) is 44.5 Å². The predicted octanol–water partition coefficient (Wildman–Crippen LogP) is 3.09.